The number of ether oxygens (including phenoxy) is 1. The quantitative estimate of drug-likeness (QED) is 0.537. The first-order valence-corrected chi connectivity index (χ1v) is 9.08. The lowest BCUT2D eigenvalue weighted by Crippen LogP contribution is -1.94. The van der Waals surface area contributed by atoms with Crippen LogP contribution in [0.3, 0.4) is 0 Å². The highest BCUT2D eigenvalue weighted by atomic mass is 79.9. The van der Waals surface area contributed by atoms with Crippen molar-refractivity contribution in [3.63, 3.8) is 0 Å². The van der Waals surface area contributed by atoms with Crippen LogP contribution in [0.15, 0.2) is 69.0 Å². The minimum absolute atomic E-state index is 0.672. The normalized spacial score (nSPS) is 14.6. The summed E-state index contributed by atoms with van der Waals surface area (Å²) in [6, 6.07) is 18.6. The van der Waals surface area contributed by atoms with Crippen LogP contribution in [-0.2, 0) is 0 Å². The van der Waals surface area contributed by atoms with Gasteiger partial charge in [-0.3, -0.25) is 0 Å². The molecule has 114 valence electrons. The second-order valence-corrected chi connectivity index (χ2v) is 7.16. The van der Waals surface area contributed by atoms with Crippen LogP contribution < -0.4 is 4.74 Å². The molecule has 1 heterocycles. The zero-order valence-corrected chi connectivity index (χ0v) is 14.9. The molecule has 0 spiro atoms. The topological polar surface area (TPSA) is 21.6 Å². The van der Waals surface area contributed by atoms with Gasteiger partial charge in [0.25, 0.3) is 0 Å². The molecule has 4 rings (SSSR count). The lowest BCUT2D eigenvalue weighted by Gasteiger charge is -2.08. The van der Waals surface area contributed by atoms with Gasteiger partial charge in [0.2, 0.25) is 0 Å². The molecule has 4 heteroatoms. The van der Waals surface area contributed by atoms with Gasteiger partial charge in [-0.15, -0.1) is 0 Å². The van der Waals surface area contributed by atoms with Gasteiger partial charge in [0.05, 0.1) is 12.3 Å². The third-order valence-corrected chi connectivity index (χ3v) is 5.35. The molecular weight excluding hydrogens is 370 g/mol. The molecule has 1 aliphatic heterocycles. The van der Waals surface area contributed by atoms with Gasteiger partial charge in [-0.25, -0.2) is 4.99 Å². The Hall–Kier alpha value is -1.78. The van der Waals surface area contributed by atoms with E-state index in [0.717, 1.165) is 26.3 Å². The van der Waals surface area contributed by atoms with Crippen LogP contribution >= 0.6 is 27.7 Å². The minimum atomic E-state index is 0.672. The largest absolute Gasteiger partial charge is 0.493 e. The van der Waals surface area contributed by atoms with Crippen LogP contribution in [0.1, 0.15) is 12.5 Å². The van der Waals surface area contributed by atoms with E-state index in [1.165, 1.54) is 15.8 Å². The predicted molar refractivity (Wildman–Crippen MR) is 101 cm³/mol. The van der Waals surface area contributed by atoms with Crippen molar-refractivity contribution in [1.29, 1.82) is 0 Å². The van der Waals surface area contributed by atoms with E-state index in [2.05, 4.69) is 40.2 Å². The van der Waals surface area contributed by atoms with Crippen molar-refractivity contribution < 1.29 is 4.74 Å². The van der Waals surface area contributed by atoms with Crippen LogP contribution in [0.2, 0.25) is 0 Å². The summed E-state index contributed by atoms with van der Waals surface area (Å²) in [7, 11) is 0. The maximum Gasteiger partial charge on any atom is 0.127 e. The average molecular weight is 384 g/mol. The fraction of sp³-hybridized carbons (Fsp3) is 0.105. The SMILES string of the molecule is CCOc1ccc2c3c(cccc13)SC2=Nc1ccc(Br)cc1. The van der Waals surface area contributed by atoms with Crippen molar-refractivity contribution in [2.45, 2.75) is 11.8 Å². The molecule has 0 saturated carbocycles. The molecule has 0 saturated heterocycles. The van der Waals surface area contributed by atoms with Crippen molar-refractivity contribution in [3.8, 4) is 5.75 Å². The highest BCUT2D eigenvalue weighted by Crippen LogP contribution is 2.44. The summed E-state index contributed by atoms with van der Waals surface area (Å²) < 4.78 is 6.83. The Bertz CT molecular complexity index is 919. The van der Waals surface area contributed by atoms with Crippen LogP contribution in [0.25, 0.3) is 10.8 Å². The Labute approximate surface area is 147 Å². The van der Waals surface area contributed by atoms with Gasteiger partial charge in [0.1, 0.15) is 10.8 Å². The summed E-state index contributed by atoms with van der Waals surface area (Å²) >= 11 is 5.18. The van der Waals surface area contributed by atoms with E-state index in [0.29, 0.717) is 6.61 Å². The van der Waals surface area contributed by atoms with Gasteiger partial charge in [-0.1, -0.05) is 39.8 Å². The number of aliphatic imine (C=N–C) groups is 1. The number of hydrogen-bond donors (Lipinski definition) is 0. The maximum absolute atomic E-state index is 5.77. The second-order valence-electron chi connectivity index (χ2n) is 5.22. The van der Waals surface area contributed by atoms with Gasteiger partial charge >= 0.3 is 0 Å². The summed E-state index contributed by atoms with van der Waals surface area (Å²) in [5.41, 5.74) is 2.15. The number of hydrogen-bond acceptors (Lipinski definition) is 3. The van der Waals surface area contributed by atoms with E-state index in [1.807, 2.05) is 37.3 Å². The van der Waals surface area contributed by atoms with Crippen LogP contribution in [0.5, 0.6) is 5.75 Å². The van der Waals surface area contributed by atoms with Crippen LogP contribution in [0.4, 0.5) is 5.69 Å². The van der Waals surface area contributed by atoms with Crippen molar-refractivity contribution in [2.75, 3.05) is 6.61 Å². The zero-order valence-electron chi connectivity index (χ0n) is 12.5. The van der Waals surface area contributed by atoms with Crippen molar-refractivity contribution in [3.05, 3.63) is 64.6 Å². The molecule has 0 N–H and O–H groups in total. The molecule has 0 aliphatic carbocycles. The summed E-state index contributed by atoms with van der Waals surface area (Å²) in [4.78, 5) is 6.08. The molecule has 0 unspecified atom stereocenters. The lowest BCUT2D eigenvalue weighted by molar-refractivity contribution is 0.344. The molecule has 0 radical (unpaired) electrons. The molecule has 3 aromatic carbocycles. The smallest absolute Gasteiger partial charge is 0.127 e. The molecule has 0 aromatic heterocycles. The van der Waals surface area contributed by atoms with Crippen LogP contribution in [0, 0.1) is 0 Å². The molecule has 1 aliphatic rings. The van der Waals surface area contributed by atoms with Gasteiger partial charge in [0, 0.05) is 25.7 Å². The first kappa shape index (κ1) is 14.8. The predicted octanol–water partition coefficient (Wildman–Crippen LogP) is 6.19. The number of nitrogens with zero attached hydrogens (tertiary/aromatic N) is 1. The van der Waals surface area contributed by atoms with Gasteiger partial charge in [-0.2, -0.15) is 0 Å². The van der Waals surface area contributed by atoms with Gasteiger partial charge in [0.15, 0.2) is 0 Å². The first-order chi connectivity index (χ1) is 11.3. The Morgan fingerprint density at radius 1 is 1.04 bits per heavy atom. The minimum Gasteiger partial charge on any atom is -0.493 e. The average Bonchev–Trinajstić information content (AvgIpc) is 2.92. The second kappa shape index (κ2) is 6.02. The Morgan fingerprint density at radius 3 is 2.65 bits per heavy atom. The fourth-order valence-corrected chi connectivity index (χ4v) is 4.14. The number of benzene rings is 3. The number of thioether (sulfide) groups is 1. The Kier molecular flexibility index (Phi) is 3.87. The Balaban J connectivity index is 1.85. The summed E-state index contributed by atoms with van der Waals surface area (Å²) in [5.74, 6) is 0.943. The molecule has 0 bridgehead atoms. The van der Waals surface area contributed by atoms with Crippen molar-refractivity contribution >= 4 is 49.2 Å². The molecule has 23 heavy (non-hydrogen) atoms. The van der Waals surface area contributed by atoms with E-state index in [1.54, 1.807) is 11.8 Å². The lowest BCUT2D eigenvalue weighted by atomic mass is 10.0. The standard InChI is InChI=1S/C19H14BrNOS/c1-2-22-16-11-10-15-18-14(16)4-3-5-17(18)23-19(15)21-13-8-6-12(20)7-9-13/h3-11H,2H2,1H3. The molecule has 0 fully saturated rings. The molecule has 3 aromatic rings. The maximum atomic E-state index is 5.77. The highest BCUT2D eigenvalue weighted by Gasteiger charge is 2.22. The number of halogens is 1. The van der Waals surface area contributed by atoms with Crippen molar-refractivity contribution in [1.82, 2.24) is 0 Å². The first-order valence-electron chi connectivity index (χ1n) is 7.47. The third-order valence-electron chi connectivity index (χ3n) is 3.76. The van der Waals surface area contributed by atoms with E-state index in [4.69, 9.17) is 9.73 Å². The summed E-state index contributed by atoms with van der Waals surface area (Å²) in [5, 5.41) is 3.45. The molecular formula is C19H14BrNOS. The van der Waals surface area contributed by atoms with Gasteiger partial charge in [-0.05, 0) is 49.4 Å². The molecule has 0 amide bonds. The summed E-state index contributed by atoms with van der Waals surface area (Å²) in [6.07, 6.45) is 0. The molecule has 0 atom stereocenters. The van der Waals surface area contributed by atoms with E-state index >= 15 is 0 Å². The van der Waals surface area contributed by atoms with E-state index in [9.17, 15) is 0 Å². The van der Waals surface area contributed by atoms with E-state index in [-0.39, 0.29) is 0 Å². The van der Waals surface area contributed by atoms with E-state index < -0.39 is 0 Å². The van der Waals surface area contributed by atoms with Crippen molar-refractivity contribution in [2.24, 2.45) is 4.99 Å². The molecule has 2 nitrogen and oxygen atoms in total. The zero-order chi connectivity index (χ0) is 15.8. The van der Waals surface area contributed by atoms with Crippen LogP contribution in [-0.4, -0.2) is 11.7 Å². The monoisotopic (exact) mass is 383 g/mol. The Morgan fingerprint density at radius 2 is 1.87 bits per heavy atom. The fourth-order valence-electron chi connectivity index (χ4n) is 2.77. The summed E-state index contributed by atoms with van der Waals surface area (Å²) in [6.45, 7) is 2.68. The number of rotatable bonds is 3. The van der Waals surface area contributed by atoms with Gasteiger partial charge < -0.3 is 4.74 Å². The third kappa shape index (κ3) is 2.66. The highest BCUT2D eigenvalue weighted by molar-refractivity contribution is 9.10.